The second kappa shape index (κ2) is 5.36. The van der Waals surface area contributed by atoms with Gasteiger partial charge in [-0.15, -0.1) is 0 Å². The number of hydrogen-bond donors (Lipinski definition) is 0. The van der Waals surface area contributed by atoms with Gasteiger partial charge in [0, 0.05) is 18.6 Å². The summed E-state index contributed by atoms with van der Waals surface area (Å²) in [5.41, 5.74) is 0.986. The average Bonchev–Trinajstić information content (AvgIpc) is 2.83. The summed E-state index contributed by atoms with van der Waals surface area (Å²) in [6, 6.07) is 3.72. The van der Waals surface area contributed by atoms with E-state index in [1.807, 2.05) is 12.1 Å². The van der Waals surface area contributed by atoms with Gasteiger partial charge in [0.25, 0.3) is 5.56 Å². The van der Waals surface area contributed by atoms with Crippen molar-refractivity contribution in [1.29, 1.82) is 0 Å². The molecule has 0 fully saturated rings. The number of fused-ring (bicyclic) bond motifs is 1. The zero-order chi connectivity index (χ0) is 14.1. The topological polar surface area (TPSA) is 47.3 Å². The van der Waals surface area contributed by atoms with Crippen LogP contribution in [0.15, 0.2) is 35.5 Å². The Morgan fingerprint density at radius 3 is 2.90 bits per heavy atom. The molecule has 7 heteroatoms. The predicted molar refractivity (Wildman–Crippen MR) is 82.5 cm³/mol. The molecule has 0 aliphatic heterocycles. The van der Waals surface area contributed by atoms with Crippen LogP contribution in [-0.4, -0.2) is 14.4 Å². The third-order valence-electron chi connectivity index (χ3n) is 2.59. The molecule has 0 amide bonds. The van der Waals surface area contributed by atoms with Crippen LogP contribution in [-0.2, 0) is 0 Å². The van der Waals surface area contributed by atoms with Gasteiger partial charge in [0.05, 0.1) is 5.69 Å². The highest BCUT2D eigenvalue weighted by Gasteiger charge is 2.11. The quantitative estimate of drug-likeness (QED) is 0.723. The number of pyridine rings is 1. The van der Waals surface area contributed by atoms with Crippen LogP contribution in [0.4, 0.5) is 0 Å². The Hall–Kier alpha value is -1.69. The zero-order valence-electron chi connectivity index (χ0n) is 9.96. The molecule has 0 aliphatic rings. The van der Waals surface area contributed by atoms with E-state index in [2.05, 4.69) is 9.97 Å². The van der Waals surface area contributed by atoms with Crippen LogP contribution in [0.2, 0.25) is 9.36 Å². The predicted octanol–water partition coefficient (Wildman–Crippen LogP) is 3.63. The molecule has 100 valence electrons. The number of thiazole rings is 1. The molecule has 0 saturated carbocycles. The maximum atomic E-state index is 12.1. The molecular weight excluding hydrogens is 317 g/mol. The van der Waals surface area contributed by atoms with Gasteiger partial charge in [-0.1, -0.05) is 46.7 Å². The van der Waals surface area contributed by atoms with Crippen molar-refractivity contribution in [3.05, 3.63) is 61.7 Å². The van der Waals surface area contributed by atoms with Crippen LogP contribution in [0, 0.1) is 0 Å². The van der Waals surface area contributed by atoms with Crippen molar-refractivity contribution < 1.29 is 0 Å². The van der Waals surface area contributed by atoms with E-state index in [0.717, 1.165) is 5.56 Å². The molecular formula is C13H7Cl2N3OS. The minimum atomic E-state index is -0.328. The standard InChI is InChI=1S/C13H7Cl2N3OS/c14-10-7-18-12(19)11(15)9(17-13(18)20-10)4-3-8-2-1-5-16-6-8/h1-7H. The van der Waals surface area contributed by atoms with Crippen LogP contribution < -0.4 is 5.56 Å². The second-order valence-electron chi connectivity index (χ2n) is 3.92. The Morgan fingerprint density at radius 1 is 1.30 bits per heavy atom. The fourth-order valence-electron chi connectivity index (χ4n) is 1.67. The maximum absolute atomic E-state index is 12.1. The van der Waals surface area contributed by atoms with E-state index in [-0.39, 0.29) is 10.6 Å². The molecule has 0 aromatic carbocycles. The highest BCUT2D eigenvalue weighted by atomic mass is 35.5. The lowest BCUT2D eigenvalue weighted by molar-refractivity contribution is 1.07. The lowest BCUT2D eigenvalue weighted by atomic mass is 10.2. The Morgan fingerprint density at radius 2 is 2.15 bits per heavy atom. The monoisotopic (exact) mass is 323 g/mol. The van der Waals surface area contributed by atoms with Gasteiger partial charge in [-0.25, -0.2) is 4.98 Å². The number of aromatic nitrogens is 3. The summed E-state index contributed by atoms with van der Waals surface area (Å²) in [4.78, 5) is 20.9. The summed E-state index contributed by atoms with van der Waals surface area (Å²) in [6.07, 6.45) is 8.39. The minimum absolute atomic E-state index is 0.0668. The first-order valence-corrected chi connectivity index (χ1v) is 7.18. The van der Waals surface area contributed by atoms with Crippen LogP contribution in [0.1, 0.15) is 11.3 Å². The van der Waals surface area contributed by atoms with E-state index < -0.39 is 0 Å². The lowest BCUT2D eigenvalue weighted by Crippen LogP contribution is -2.14. The summed E-state index contributed by atoms with van der Waals surface area (Å²) in [7, 11) is 0. The van der Waals surface area contributed by atoms with E-state index in [0.29, 0.717) is 15.0 Å². The molecule has 0 bridgehead atoms. The molecule has 0 atom stereocenters. The molecule has 3 aromatic heterocycles. The van der Waals surface area contributed by atoms with Crippen molar-refractivity contribution in [3.63, 3.8) is 0 Å². The van der Waals surface area contributed by atoms with Crippen molar-refractivity contribution in [2.75, 3.05) is 0 Å². The van der Waals surface area contributed by atoms with Gasteiger partial charge in [0.1, 0.15) is 9.36 Å². The summed E-state index contributed by atoms with van der Waals surface area (Å²) in [5.74, 6) is 0. The molecule has 3 heterocycles. The summed E-state index contributed by atoms with van der Waals surface area (Å²) in [6.45, 7) is 0. The summed E-state index contributed by atoms with van der Waals surface area (Å²) >= 11 is 13.2. The molecule has 0 N–H and O–H groups in total. The van der Waals surface area contributed by atoms with E-state index in [1.54, 1.807) is 24.5 Å². The fraction of sp³-hybridized carbons (Fsp3) is 0. The van der Waals surface area contributed by atoms with Gasteiger partial charge in [-0.3, -0.25) is 14.2 Å². The van der Waals surface area contributed by atoms with E-state index in [9.17, 15) is 4.79 Å². The first kappa shape index (κ1) is 13.3. The smallest absolute Gasteiger partial charge is 0.267 e. The maximum Gasteiger partial charge on any atom is 0.277 e. The molecule has 20 heavy (non-hydrogen) atoms. The van der Waals surface area contributed by atoms with E-state index in [4.69, 9.17) is 23.2 Å². The van der Waals surface area contributed by atoms with Crippen LogP contribution >= 0.6 is 34.5 Å². The Labute approximate surface area is 128 Å². The normalized spacial score (nSPS) is 11.5. The van der Waals surface area contributed by atoms with E-state index >= 15 is 0 Å². The molecule has 0 spiro atoms. The lowest BCUT2D eigenvalue weighted by Gasteiger charge is -1.98. The highest BCUT2D eigenvalue weighted by Crippen LogP contribution is 2.22. The Kier molecular flexibility index (Phi) is 3.56. The SMILES string of the molecule is O=c1c(Cl)c(C=Cc2cccnc2)nc2sc(Cl)cn12. The number of nitrogens with zero attached hydrogens (tertiary/aromatic N) is 3. The van der Waals surface area contributed by atoms with Crippen molar-refractivity contribution in [3.8, 4) is 0 Å². The van der Waals surface area contributed by atoms with Gasteiger partial charge in [0.2, 0.25) is 0 Å². The Bertz CT molecular complexity index is 855. The molecule has 3 aromatic rings. The first-order chi connectivity index (χ1) is 9.65. The van der Waals surface area contributed by atoms with Gasteiger partial charge in [-0.05, 0) is 17.7 Å². The summed E-state index contributed by atoms with van der Waals surface area (Å²) in [5, 5.41) is 0.0668. The molecule has 4 nitrogen and oxygen atoms in total. The zero-order valence-corrected chi connectivity index (χ0v) is 12.3. The highest BCUT2D eigenvalue weighted by molar-refractivity contribution is 7.20. The molecule has 0 saturated heterocycles. The van der Waals surface area contributed by atoms with E-state index in [1.165, 1.54) is 21.9 Å². The number of hydrogen-bond acceptors (Lipinski definition) is 4. The third-order valence-corrected chi connectivity index (χ3v) is 4.05. The van der Waals surface area contributed by atoms with Crippen molar-refractivity contribution in [1.82, 2.24) is 14.4 Å². The van der Waals surface area contributed by atoms with Crippen LogP contribution in [0.3, 0.4) is 0 Å². The minimum Gasteiger partial charge on any atom is -0.267 e. The number of halogens is 2. The van der Waals surface area contributed by atoms with Crippen molar-refractivity contribution in [2.24, 2.45) is 0 Å². The Balaban J connectivity index is 2.10. The molecule has 0 aliphatic carbocycles. The van der Waals surface area contributed by atoms with Gasteiger partial charge < -0.3 is 0 Å². The first-order valence-electron chi connectivity index (χ1n) is 5.60. The molecule has 0 radical (unpaired) electrons. The van der Waals surface area contributed by atoms with Gasteiger partial charge in [-0.2, -0.15) is 0 Å². The molecule has 0 unspecified atom stereocenters. The fourth-order valence-corrected chi connectivity index (χ4v) is 2.88. The van der Waals surface area contributed by atoms with Crippen molar-refractivity contribution in [2.45, 2.75) is 0 Å². The van der Waals surface area contributed by atoms with Crippen LogP contribution in [0.25, 0.3) is 17.1 Å². The van der Waals surface area contributed by atoms with Gasteiger partial charge >= 0.3 is 0 Å². The average molecular weight is 324 g/mol. The largest absolute Gasteiger partial charge is 0.277 e. The summed E-state index contributed by atoms with van der Waals surface area (Å²) < 4.78 is 1.83. The second-order valence-corrected chi connectivity index (χ2v) is 5.94. The van der Waals surface area contributed by atoms with Gasteiger partial charge in [0.15, 0.2) is 4.96 Å². The third kappa shape index (κ3) is 2.47. The number of rotatable bonds is 2. The van der Waals surface area contributed by atoms with Crippen molar-refractivity contribution >= 4 is 51.7 Å². The molecule has 3 rings (SSSR count). The van der Waals surface area contributed by atoms with Crippen LogP contribution in [0.5, 0.6) is 0 Å².